The topological polar surface area (TPSA) is 225 Å². The van der Waals surface area contributed by atoms with Crippen molar-refractivity contribution in [2.75, 3.05) is 18.5 Å². The zero-order chi connectivity index (χ0) is 20.6. The summed E-state index contributed by atoms with van der Waals surface area (Å²) in [5.74, 6) is -1.25. The van der Waals surface area contributed by atoms with E-state index in [1.807, 2.05) is 0 Å². The van der Waals surface area contributed by atoms with Crippen LogP contribution in [0.2, 0.25) is 0 Å². The second kappa shape index (κ2) is 12.8. The van der Waals surface area contributed by atoms with Gasteiger partial charge >= 0.3 is 1.43 Å². The molecule has 1 aliphatic carbocycles. The van der Waals surface area contributed by atoms with Gasteiger partial charge < -0.3 is 26.7 Å². The second-order valence-corrected chi connectivity index (χ2v) is 6.30. The quantitative estimate of drug-likeness (QED) is 0.125. The summed E-state index contributed by atoms with van der Waals surface area (Å²) in [5, 5.41) is 30.9. The van der Waals surface area contributed by atoms with E-state index in [0.29, 0.717) is 12.6 Å². The van der Waals surface area contributed by atoms with Gasteiger partial charge in [-0.15, -0.1) is 0 Å². The summed E-state index contributed by atoms with van der Waals surface area (Å²) in [6.07, 6.45) is 6.97. The number of nitro groups is 1. The van der Waals surface area contributed by atoms with Crippen LogP contribution in [0.5, 0.6) is 5.75 Å². The average molecular weight is 470 g/mol. The number of ketones is 1. The molecule has 0 aliphatic heterocycles. The number of phenols is 1. The molecular formula is C15H20CrN3O9S+. The predicted molar refractivity (Wildman–Crippen MR) is 100 cm³/mol. The molecule has 1 aromatic rings. The Morgan fingerprint density at radius 2 is 1.83 bits per heavy atom. The molecule has 0 heterocycles. The van der Waals surface area contributed by atoms with E-state index in [9.17, 15) is 28.4 Å². The molecule has 8 N–H and O–H groups in total. The molecule has 0 amide bonds. The molecule has 0 saturated carbocycles. The van der Waals surface area contributed by atoms with Crippen LogP contribution in [0.1, 0.15) is 1.43 Å². The Hall–Kier alpha value is -2.57. The molecule has 29 heavy (non-hydrogen) atoms. The number of hydrogen-bond acceptors (Lipinski definition) is 9. The molecular weight excluding hydrogens is 450 g/mol. The SMILES string of the molecule is NCCO.O.O=C1C=CC=C/C1=C\Nc1cc([N+](=O)[O-])cc(S(=O)(=O)O)c1O.[Cr].[H+]. The standard InChI is InChI=1S/C13H10N2O7S.C2H7NO.Cr.H2O/c16-11-4-2-1-3-8(11)7-14-10-5-9(15(18)19)6-12(13(10)17)23(20,21)22;3-1-2-4;;/h1-7,14,17H,(H,20,21,22);4H,1-3H2;;1H2/p+1/b8-7+;;;. The van der Waals surface area contributed by atoms with E-state index in [4.69, 9.17) is 15.4 Å². The molecule has 0 spiro atoms. The van der Waals surface area contributed by atoms with Gasteiger partial charge in [-0.25, -0.2) is 0 Å². The molecule has 0 bridgehead atoms. The van der Waals surface area contributed by atoms with E-state index >= 15 is 0 Å². The van der Waals surface area contributed by atoms with Crippen molar-refractivity contribution in [2.45, 2.75) is 4.90 Å². The van der Waals surface area contributed by atoms with Crippen LogP contribution in [0.15, 0.2) is 53.1 Å². The monoisotopic (exact) mass is 470 g/mol. The van der Waals surface area contributed by atoms with E-state index in [-0.39, 0.29) is 47.9 Å². The van der Waals surface area contributed by atoms with Crippen LogP contribution in [0.25, 0.3) is 0 Å². The van der Waals surface area contributed by atoms with Crippen molar-refractivity contribution in [1.82, 2.24) is 0 Å². The molecule has 1 aromatic carbocycles. The number of carbonyl (C=O) groups is 1. The van der Waals surface area contributed by atoms with Crippen LogP contribution in [-0.4, -0.2) is 52.5 Å². The fraction of sp³-hybridized carbons (Fsp3) is 0.133. The number of phenolic OH excluding ortho intramolecular Hbond substituents is 1. The molecule has 160 valence electrons. The van der Waals surface area contributed by atoms with Crippen molar-refractivity contribution in [2.24, 2.45) is 5.73 Å². The predicted octanol–water partition coefficient (Wildman–Crippen LogP) is -0.239. The van der Waals surface area contributed by atoms with E-state index in [1.165, 1.54) is 18.2 Å². The summed E-state index contributed by atoms with van der Waals surface area (Å²) in [5.41, 5.74) is 3.95. The van der Waals surface area contributed by atoms with Gasteiger partial charge in [-0.1, -0.05) is 12.2 Å². The molecule has 0 unspecified atom stereocenters. The first-order valence-electron chi connectivity index (χ1n) is 7.27. The molecule has 0 saturated heterocycles. The van der Waals surface area contributed by atoms with E-state index < -0.39 is 31.4 Å². The summed E-state index contributed by atoms with van der Waals surface area (Å²) in [6.45, 7) is 0.472. The zero-order valence-electron chi connectivity index (χ0n) is 15.7. The van der Waals surface area contributed by atoms with Crippen molar-refractivity contribution < 1.29 is 57.2 Å². The minimum Gasteiger partial charge on any atom is -0.504 e. The minimum atomic E-state index is -4.87. The molecule has 0 aromatic heterocycles. The van der Waals surface area contributed by atoms with Gasteiger partial charge in [0.05, 0.1) is 17.2 Å². The van der Waals surface area contributed by atoms with E-state index in [1.54, 1.807) is 6.08 Å². The first-order valence-corrected chi connectivity index (χ1v) is 8.71. The molecule has 0 atom stereocenters. The summed E-state index contributed by atoms with van der Waals surface area (Å²) in [4.78, 5) is 20.5. The van der Waals surface area contributed by atoms with Crippen molar-refractivity contribution in [3.05, 3.63) is 58.3 Å². The maximum Gasteiger partial charge on any atom is 1.00 e. The first kappa shape index (κ1) is 28.6. The number of nitrogens with two attached hydrogens (primary N) is 1. The Morgan fingerprint density at radius 3 is 2.28 bits per heavy atom. The van der Waals surface area contributed by atoms with Gasteiger partial charge in [0.2, 0.25) is 0 Å². The number of carbonyl (C=O) groups excluding carboxylic acids is 1. The number of nitrogens with zero attached hydrogens (tertiary/aromatic N) is 1. The summed E-state index contributed by atoms with van der Waals surface area (Å²) >= 11 is 0. The molecule has 0 fully saturated rings. The third-order valence-corrected chi connectivity index (χ3v) is 3.85. The Balaban J connectivity index is -0.000000957. The second-order valence-electron chi connectivity index (χ2n) is 4.91. The number of nitro benzene ring substituents is 1. The van der Waals surface area contributed by atoms with Gasteiger partial charge in [-0.05, 0) is 12.2 Å². The molecule has 1 aliphatic rings. The van der Waals surface area contributed by atoms with Crippen molar-refractivity contribution >= 4 is 27.3 Å². The number of benzene rings is 1. The largest absolute Gasteiger partial charge is 1.00 e. The normalized spacial score (nSPS) is 13.6. The number of allylic oxidation sites excluding steroid dienone is 5. The number of aromatic hydroxyl groups is 1. The van der Waals surface area contributed by atoms with Crippen molar-refractivity contribution in [1.29, 1.82) is 0 Å². The van der Waals surface area contributed by atoms with Crippen LogP contribution in [0, 0.1) is 10.1 Å². The van der Waals surface area contributed by atoms with Crippen LogP contribution in [0.4, 0.5) is 11.4 Å². The van der Waals surface area contributed by atoms with Gasteiger partial charge in [0, 0.05) is 47.8 Å². The number of rotatable bonds is 5. The first-order chi connectivity index (χ1) is 12.6. The maximum absolute atomic E-state index is 11.5. The third kappa shape index (κ3) is 8.54. The summed E-state index contributed by atoms with van der Waals surface area (Å²) in [7, 11) is -4.87. The fourth-order valence-electron chi connectivity index (χ4n) is 1.76. The van der Waals surface area contributed by atoms with Gasteiger partial charge in [0.15, 0.2) is 11.5 Å². The number of anilines is 1. The van der Waals surface area contributed by atoms with E-state index in [0.717, 1.165) is 12.3 Å². The van der Waals surface area contributed by atoms with Gasteiger partial charge in [0.1, 0.15) is 4.90 Å². The van der Waals surface area contributed by atoms with Crippen LogP contribution in [0.3, 0.4) is 0 Å². The van der Waals surface area contributed by atoms with Crippen molar-refractivity contribution in [3.8, 4) is 5.75 Å². The average Bonchev–Trinajstić information content (AvgIpc) is 2.61. The number of aliphatic hydroxyl groups excluding tert-OH is 1. The summed E-state index contributed by atoms with van der Waals surface area (Å²) in [6, 6.07) is 1.39. The van der Waals surface area contributed by atoms with Crippen molar-refractivity contribution in [3.63, 3.8) is 0 Å². The Kier molecular flexibility index (Phi) is 12.6. The van der Waals surface area contributed by atoms with Gasteiger partial charge in [-0.2, -0.15) is 8.42 Å². The molecule has 14 heteroatoms. The zero-order valence-corrected chi connectivity index (χ0v) is 16.8. The molecule has 0 radical (unpaired) electrons. The minimum absolute atomic E-state index is 0. The Bertz CT molecular complexity index is 932. The van der Waals surface area contributed by atoms with Crippen LogP contribution < -0.4 is 11.1 Å². The number of aliphatic hydroxyl groups is 1. The smallest absolute Gasteiger partial charge is 0.504 e. The molecule has 12 nitrogen and oxygen atoms in total. The van der Waals surface area contributed by atoms with Crippen LogP contribution in [-0.2, 0) is 32.3 Å². The Labute approximate surface area is 177 Å². The third-order valence-electron chi connectivity index (χ3n) is 2.98. The van der Waals surface area contributed by atoms with Gasteiger partial charge in [0.25, 0.3) is 15.8 Å². The Morgan fingerprint density at radius 1 is 1.28 bits per heavy atom. The fourth-order valence-corrected chi connectivity index (χ4v) is 2.38. The van der Waals surface area contributed by atoms with Gasteiger partial charge in [-0.3, -0.25) is 19.5 Å². The number of hydrogen-bond donors (Lipinski definition) is 5. The maximum atomic E-state index is 11.5. The van der Waals surface area contributed by atoms with E-state index in [2.05, 4.69) is 5.32 Å². The summed E-state index contributed by atoms with van der Waals surface area (Å²) < 4.78 is 31.4. The van der Waals surface area contributed by atoms with Crippen LogP contribution >= 0.6 is 0 Å². The number of non-ortho nitro benzene ring substituents is 1. The number of nitrogens with one attached hydrogen (secondary N) is 1. The molecule has 2 rings (SSSR count).